The number of aromatic amines is 1. The third-order valence-corrected chi connectivity index (χ3v) is 3.25. The van der Waals surface area contributed by atoms with Crippen molar-refractivity contribution in [3.8, 4) is 0 Å². The Morgan fingerprint density at radius 3 is 3.00 bits per heavy atom. The lowest BCUT2D eigenvalue weighted by atomic mass is 10.2. The summed E-state index contributed by atoms with van der Waals surface area (Å²) in [5.41, 5.74) is 0.382. The number of benzene rings is 1. The number of hydrogen-bond acceptors (Lipinski definition) is 5. The zero-order valence-electron chi connectivity index (χ0n) is 12.0. The van der Waals surface area contributed by atoms with E-state index in [4.69, 9.17) is 16.3 Å². The van der Waals surface area contributed by atoms with Crippen molar-refractivity contribution in [1.29, 1.82) is 0 Å². The molecule has 0 spiro atoms. The maximum absolute atomic E-state index is 12.0. The fraction of sp³-hybridized carbons (Fsp3) is 0.429. The van der Waals surface area contributed by atoms with Crippen LogP contribution in [-0.2, 0) is 11.3 Å². The predicted molar refractivity (Wildman–Crippen MR) is 81.6 cm³/mol. The standard InChI is InChI=1S/C14H18ClN3O3/c1-18(6-10(19)8-21-2)7-13-16-12-4-3-9(15)5-11(12)14(20)17-13/h3-5,10,19H,6-8H2,1-2H3,(H,16,17,20). The number of H-pyrrole nitrogens is 1. The highest BCUT2D eigenvalue weighted by molar-refractivity contribution is 6.31. The molecule has 114 valence electrons. The molecule has 1 atom stereocenters. The molecule has 1 aromatic heterocycles. The molecule has 0 amide bonds. The number of likely N-dealkylation sites (N-methyl/N-ethyl adjacent to an activating group) is 1. The number of hydrogen-bond donors (Lipinski definition) is 2. The average Bonchev–Trinajstić information content (AvgIpc) is 2.39. The molecule has 2 N–H and O–H groups in total. The predicted octanol–water partition coefficient (Wildman–Crippen LogP) is 1.02. The molecule has 21 heavy (non-hydrogen) atoms. The van der Waals surface area contributed by atoms with Crippen LogP contribution < -0.4 is 5.56 Å². The van der Waals surface area contributed by atoms with Crippen LogP contribution in [-0.4, -0.2) is 53.4 Å². The van der Waals surface area contributed by atoms with E-state index in [1.807, 2.05) is 11.9 Å². The van der Waals surface area contributed by atoms with E-state index in [2.05, 4.69) is 9.97 Å². The molecule has 2 rings (SSSR count). The summed E-state index contributed by atoms with van der Waals surface area (Å²) in [4.78, 5) is 21.0. The van der Waals surface area contributed by atoms with E-state index in [0.29, 0.717) is 34.8 Å². The fourth-order valence-corrected chi connectivity index (χ4v) is 2.33. The van der Waals surface area contributed by atoms with Crippen molar-refractivity contribution >= 4 is 22.5 Å². The van der Waals surface area contributed by atoms with Crippen molar-refractivity contribution in [2.45, 2.75) is 12.6 Å². The summed E-state index contributed by atoms with van der Waals surface area (Å²) in [6.07, 6.45) is -0.578. The third-order valence-electron chi connectivity index (χ3n) is 3.02. The first-order valence-corrected chi connectivity index (χ1v) is 6.91. The molecule has 0 aliphatic heterocycles. The minimum absolute atomic E-state index is 0.219. The van der Waals surface area contributed by atoms with Gasteiger partial charge in [0.2, 0.25) is 0 Å². The number of rotatable bonds is 6. The smallest absolute Gasteiger partial charge is 0.258 e. The van der Waals surface area contributed by atoms with Crippen LogP contribution in [0.1, 0.15) is 5.82 Å². The van der Waals surface area contributed by atoms with Crippen LogP contribution in [0.15, 0.2) is 23.0 Å². The lowest BCUT2D eigenvalue weighted by molar-refractivity contribution is 0.0414. The fourth-order valence-electron chi connectivity index (χ4n) is 2.16. The van der Waals surface area contributed by atoms with Gasteiger partial charge in [0.05, 0.1) is 30.2 Å². The largest absolute Gasteiger partial charge is 0.389 e. The Balaban J connectivity index is 2.16. The van der Waals surface area contributed by atoms with Gasteiger partial charge in [0, 0.05) is 18.7 Å². The van der Waals surface area contributed by atoms with E-state index in [1.165, 1.54) is 7.11 Å². The van der Waals surface area contributed by atoms with Crippen LogP contribution in [0.3, 0.4) is 0 Å². The summed E-state index contributed by atoms with van der Waals surface area (Å²) >= 11 is 5.87. The SMILES string of the molecule is COCC(O)CN(C)Cc1nc2ccc(Cl)cc2c(=O)[nH]1. The Kier molecular flexibility index (Phi) is 5.30. The van der Waals surface area contributed by atoms with E-state index in [9.17, 15) is 9.90 Å². The summed E-state index contributed by atoms with van der Waals surface area (Å²) in [7, 11) is 3.38. The van der Waals surface area contributed by atoms with Crippen LogP contribution >= 0.6 is 11.6 Å². The second-order valence-electron chi connectivity index (χ2n) is 4.98. The van der Waals surface area contributed by atoms with E-state index >= 15 is 0 Å². The first-order chi connectivity index (χ1) is 9.99. The quantitative estimate of drug-likeness (QED) is 0.832. The molecule has 0 radical (unpaired) electrons. The molecule has 0 fully saturated rings. The Morgan fingerprint density at radius 2 is 2.29 bits per heavy atom. The van der Waals surface area contributed by atoms with E-state index < -0.39 is 6.10 Å². The van der Waals surface area contributed by atoms with Crippen molar-refractivity contribution in [3.05, 3.63) is 39.4 Å². The van der Waals surface area contributed by atoms with Crippen molar-refractivity contribution < 1.29 is 9.84 Å². The number of fused-ring (bicyclic) bond motifs is 1. The first-order valence-electron chi connectivity index (χ1n) is 6.53. The zero-order chi connectivity index (χ0) is 15.4. The summed E-state index contributed by atoms with van der Waals surface area (Å²) < 4.78 is 4.88. The number of ether oxygens (including phenoxy) is 1. The normalized spacial score (nSPS) is 13.0. The number of aliphatic hydroxyl groups excluding tert-OH is 1. The molecule has 1 heterocycles. The summed E-state index contributed by atoms with van der Waals surface area (Å²) in [5, 5.41) is 10.6. The molecule has 0 saturated carbocycles. The molecule has 2 aromatic rings. The highest BCUT2D eigenvalue weighted by atomic mass is 35.5. The van der Waals surface area contributed by atoms with Gasteiger partial charge in [-0.25, -0.2) is 4.98 Å². The molecular formula is C14H18ClN3O3. The molecular weight excluding hydrogens is 294 g/mol. The van der Waals surface area contributed by atoms with Crippen LogP contribution in [0.5, 0.6) is 0 Å². The first kappa shape index (κ1) is 15.9. The number of nitrogens with one attached hydrogen (secondary N) is 1. The van der Waals surface area contributed by atoms with Gasteiger partial charge < -0.3 is 14.8 Å². The van der Waals surface area contributed by atoms with Gasteiger partial charge in [-0.2, -0.15) is 0 Å². The third kappa shape index (κ3) is 4.25. The number of nitrogens with zero attached hydrogens (tertiary/aromatic N) is 2. The van der Waals surface area contributed by atoms with Crippen LogP contribution in [0.25, 0.3) is 10.9 Å². The molecule has 0 aliphatic rings. The average molecular weight is 312 g/mol. The monoisotopic (exact) mass is 311 g/mol. The van der Waals surface area contributed by atoms with Gasteiger partial charge in [0.1, 0.15) is 5.82 Å². The van der Waals surface area contributed by atoms with Gasteiger partial charge in [-0.05, 0) is 25.2 Å². The van der Waals surface area contributed by atoms with Gasteiger partial charge in [-0.1, -0.05) is 11.6 Å². The highest BCUT2D eigenvalue weighted by Gasteiger charge is 2.11. The minimum atomic E-state index is -0.578. The minimum Gasteiger partial charge on any atom is -0.389 e. The van der Waals surface area contributed by atoms with Crippen LogP contribution in [0.4, 0.5) is 0 Å². The molecule has 0 saturated heterocycles. The van der Waals surface area contributed by atoms with Gasteiger partial charge >= 0.3 is 0 Å². The van der Waals surface area contributed by atoms with Gasteiger partial charge in [0.25, 0.3) is 5.56 Å². The van der Waals surface area contributed by atoms with Gasteiger partial charge in [-0.15, -0.1) is 0 Å². The second-order valence-corrected chi connectivity index (χ2v) is 5.42. The molecule has 0 bridgehead atoms. The van der Waals surface area contributed by atoms with Crippen LogP contribution in [0, 0.1) is 0 Å². The van der Waals surface area contributed by atoms with E-state index in [0.717, 1.165) is 0 Å². The van der Waals surface area contributed by atoms with E-state index in [1.54, 1.807) is 18.2 Å². The molecule has 1 unspecified atom stereocenters. The van der Waals surface area contributed by atoms with Gasteiger partial charge in [-0.3, -0.25) is 9.69 Å². The van der Waals surface area contributed by atoms with Crippen molar-refractivity contribution in [1.82, 2.24) is 14.9 Å². The lowest BCUT2D eigenvalue weighted by Gasteiger charge is -2.19. The van der Waals surface area contributed by atoms with Crippen LogP contribution in [0.2, 0.25) is 5.02 Å². The second kappa shape index (κ2) is 7.00. The number of aromatic nitrogens is 2. The summed E-state index contributed by atoms with van der Waals surface area (Å²) in [5.74, 6) is 0.543. The van der Waals surface area contributed by atoms with E-state index in [-0.39, 0.29) is 12.2 Å². The Bertz CT molecular complexity index is 674. The molecule has 6 nitrogen and oxygen atoms in total. The summed E-state index contributed by atoms with van der Waals surface area (Å²) in [6.45, 7) is 1.12. The topological polar surface area (TPSA) is 78.5 Å². The van der Waals surface area contributed by atoms with Crippen molar-refractivity contribution in [2.75, 3.05) is 27.3 Å². The molecule has 7 heteroatoms. The Morgan fingerprint density at radius 1 is 1.52 bits per heavy atom. The molecule has 1 aromatic carbocycles. The van der Waals surface area contributed by atoms with Crippen molar-refractivity contribution in [3.63, 3.8) is 0 Å². The van der Waals surface area contributed by atoms with Crippen molar-refractivity contribution in [2.24, 2.45) is 0 Å². The molecule has 0 aliphatic carbocycles. The lowest BCUT2D eigenvalue weighted by Crippen LogP contribution is -2.32. The summed E-state index contributed by atoms with van der Waals surface area (Å²) in [6, 6.07) is 5.01. The maximum atomic E-state index is 12.0. The number of methoxy groups -OCH3 is 1. The number of aliphatic hydroxyl groups is 1. The highest BCUT2D eigenvalue weighted by Crippen LogP contribution is 2.14. The van der Waals surface area contributed by atoms with Gasteiger partial charge in [0.15, 0.2) is 0 Å². The number of halogens is 1. The maximum Gasteiger partial charge on any atom is 0.258 e. The zero-order valence-corrected chi connectivity index (χ0v) is 12.7. The Hall–Kier alpha value is -1.47. The Labute approximate surface area is 127 Å².